The SMILES string of the molecule is CC(C)(C)c1ccc(N2c3ccc(-c4ccc5c6cc7c(cc6c6cccc4c65)c4ccc(-c5ccc6c(c5)C5(C)CCCCC5(C)N6c5ccc(C(C)(C)C)cc5)c5c(-c6ccc8c(c6)C6(C)CCCCC6(C)N8c6ccc(C(C)(C)C)cc6)ccc7c54)cc3C3(C)CCCCC23C)cc1. The molecule has 0 N–H and O–H groups in total. The zero-order chi connectivity index (χ0) is 69.7. The fourth-order valence-electron chi connectivity index (χ4n) is 22.3. The van der Waals surface area contributed by atoms with Crippen LogP contribution in [0.2, 0.25) is 0 Å². The number of nitrogens with zero attached hydrogens (tertiary/aromatic N) is 3. The molecular formula is C98H101N3. The normalized spacial score (nSPS) is 25.1. The van der Waals surface area contributed by atoms with E-state index < -0.39 is 0 Å². The first-order chi connectivity index (χ1) is 48.2. The summed E-state index contributed by atoms with van der Waals surface area (Å²) in [5.41, 5.74) is 24.7. The topological polar surface area (TPSA) is 9.72 Å². The van der Waals surface area contributed by atoms with E-state index in [4.69, 9.17) is 0 Å². The Hall–Kier alpha value is -8.66. The largest absolute Gasteiger partial charge is 0.334 e. The van der Waals surface area contributed by atoms with Crippen LogP contribution in [0.3, 0.4) is 0 Å². The quantitative estimate of drug-likeness (QED) is 0.164. The molecule has 3 nitrogen and oxygen atoms in total. The second-order valence-electron chi connectivity index (χ2n) is 36.9. The molecule has 13 aromatic carbocycles. The molecule has 508 valence electrons. The van der Waals surface area contributed by atoms with Crippen molar-refractivity contribution in [3.05, 3.63) is 228 Å². The molecule has 3 heterocycles. The summed E-state index contributed by atoms with van der Waals surface area (Å²) in [5, 5.41) is 16.3. The van der Waals surface area contributed by atoms with Gasteiger partial charge in [0.15, 0.2) is 0 Å². The Morgan fingerprint density at radius 3 is 0.901 bits per heavy atom. The van der Waals surface area contributed by atoms with E-state index in [9.17, 15) is 0 Å². The van der Waals surface area contributed by atoms with Crippen molar-refractivity contribution in [2.75, 3.05) is 14.7 Å². The van der Waals surface area contributed by atoms with Crippen molar-refractivity contribution in [1.82, 2.24) is 0 Å². The van der Waals surface area contributed by atoms with Crippen LogP contribution >= 0.6 is 0 Å². The predicted molar refractivity (Wildman–Crippen MR) is 435 cm³/mol. The standard InChI is InChI=1S/C98H101N3/c1-90(2,3)63-28-34-66(35-29-63)99-84-46-25-60(55-81(84)93(10)49-16-19-52-96(93,99)13)69-40-43-74-78-59-80-76-45-42-71(62-27-48-86-83(57-62)95(12)51-18-21-54-98(95,15)101(86)68-38-32-65(33-39-68)92(7,8)9)88-70(41-44-75(89(76)88)79(80)58-77(78)73-24-22-23-72(69)87(73)74)61-26-47-85-82(56-61)94(11)50-17-20-53-97(94,14)100(85)67-36-30-64(31-37-67)91(4,5)6/h22-48,55-59H,16-21,49-54H2,1-15H3. The van der Waals surface area contributed by atoms with Gasteiger partial charge in [0.1, 0.15) is 0 Å². The van der Waals surface area contributed by atoms with Crippen LogP contribution in [0.15, 0.2) is 194 Å². The fourth-order valence-corrected chi connectivity index (χ4v) is 22.3. The molecule has 3 fully saturated rings. The Morgan fingerprint density at radius 1 is 0.257 bits per heavy atom. The molecule has 3 aliphatic carbocycles. The van der Waals surface area contributed by atoms with Crippen LogP contribution in [0.1, 0.15) is 214 Å². The van der Waals surface area contributed by atoms with Crippen molar-refractivity contribution in [3.8, 4) is 33.4 Å². The van der Waals surface area contributed by atoms with Crippen LogP contribution in [0, 0.1) is 0 Å². The highest BCUT2D eigenvalue weighted by atomic mass is 15.3. The Labute approximate surface area is 600 Å². The van der Waals surface area contributed by atoms with E-state index in [2.05, 4.69) is 313 Å². The lowest BCUT2D eigenvalue weighted by molar-refractivity contribution is 0.195. The molecule has 0 saturated heterocycles. The summed E-state index contributed by atoms with van der Waals surface area (Å²) >= 11 is 0. The number of fused-ring (bicyclic) bond motifs is 15. The average Bonchev–Trinajstić information content (AvgIpc) is 1.55. The van der Waals surface area contributed by atoms with Crippen LogP contribution in [0.25, 0.3) is 98.0 Å². The molecule has 0 spiro atoms. The van der Waals surface area contributed by atoms with Gasteiger partial charge in [-0.2, -0.15) is 0 Å². The van der Waals surface area contributed by atoms with Gasteiger partial charge in [-0.15, -0.1) is 0 Å². The summed E-state index contributed by atoms with van der Waals surface area (Å²) < 4.78 is 0. The maximum atomic E-state index is 2.76. The van der Waals surface area contributed by atoms with Crippen LogP contribution in [0.4, 0.5) is 34.1 Å². The Balaban J connectivity index is 0.792. The first-order valence-electron chi connectivity index (χ1n) is 38.7. The van der Waals surface area contributed by atoms with E-state index in [0.717, 1.165) is 0 Å². The van der Waals surface area contributed by atoms with Crippen LogP contribution < -0.4 is 14.7 Å². The number of benzene rings is 11. The minimum atomic E-state index is -0.0635. The Bertz CT molecular complexity index is 5360. The summed E-state index contributed by atoms with van der Waals surface area (Å²) in [6.45, 7) is 36.5. The molecule has 6 aliphatic rings. The maximum absolute atomic E-state index is 2.76. The third-order valence-electron chi connectivity index (χ3n) is 28.7. The highest BCUT2D eigenvalue weighted by Gasteiger charge is 2.60. The highest BCUT2D eigenvalue weighted by Crippen LogP contribution is 2.66. The van der Waals surface area contributed by atoms with Gasteiger partial charge in [-0.3, -0.25) is 0 Å². The van der Waals surface area contributed by atoms with Gasteiger partial charge in [0, 0.05) is 50.4 Å². The van der Waals surface area contributed by atoms with E-state index in [1.54, 1.807) is 0 Å². The zero-order valence-electron chi connectivity index (χ0n) is 62.8. The highest BCUT2D eigenvalue weighted by molar-refractivity contribution is 6.39. The lowest BCUT2D eigenvalue weighted by Gasteiger charge is -2.50. The van der Waals surface area contributed by atoms with Crippen LogP contribution in [0.5, 0.6) is 0 Å². The van der Waals surface area contributed by atoms with E-state index in [1.807, 2.05) is 0 Å². The summed E-state index contributed by atoms with van der Waals surface area (Å²) in [7, 11) is 0. The molecule has 6 atom stereocenters. The van der Waals surface area contributed by atoms with E-state index in [0.29, 0.717) is 0 Å². The van der Waals surface area contributed by atoms with Crippen LogP contribution in [-0.4, -0.2) is 16.6 Å². The number of anilines is 6. The first kappa shape index (κ1) is 63.3. The summed E-state index contributed by atoms with van der Waals surface area (Å²) in [5.74, 6) is 0. The molecule has 3 saturated carbocycles. The third kappa shape index (κ3) is 8.47. The monoisotopic (exact) mass is 1320 g/mol. The molecule has 0 aromatic heterocycles. The predicted octanol–water partition coefficient (Wildman–Crippen LogP) is 27.6. The van der Waals surface area contributed by atoms with Gasteiger partial charge in [0.2, 0.25) is 0 Å². The summed E-state index contributed by atoms with van der Waals surface area (Å²) in [6, 6.07) is 79.0. The smallest absolute Gasteiger partial charge is 0.0517 e. The molecule has 6 unspecified atom stereocenters. The van der Waals surface area contributed by atoms with Crippen molar-refractivity contribution < 1.29 is 0 Å². The van der Waals surface area contributed by atoms with Crippen molar-refractivity contribution >= 4 is 98.8 Å². The summed E-state index contributed by atoms with van der Waals surface area (Å²) in [6.07, 6.45) is 14.6. The third-order valence-corrected chi connectivity index (χ3v) is 28.7. The molecule has 19 rings (SSSR count). The molecule has 13 aromatic rings. The second kappa shape index (κ2) is 21.0. The Morgan fingerprint density at radius 2 is 0.554 bits per heavy atom. The Kier molecular flexibility index (Phi) is 13.2. The zero-order valence-corrected chi connectivity index (χ0v) is 62.8. The van der Waals surface area contributed by atoms with Gasteiger partial charge < -0.3 is 14.7 Å². The molecule has 3 heteroatoms. The van der Waals surface area contributed by atoms with Crippen molar-refractivity contribution in [2.45, 2.75) is 230 Å². The minimum Gasteiger partial charge on any atom is -0.334 e. The number of rotatable bonds is 6. The van der Waals surface area contributed by atoms with Gasteiger partial charge in [0.05, 0.1) is 16.6 Å². The van der Waals surface area contributed by atoms with E-state index in [-0.39, 0.29) is 49.1 Å². The minimum absolute atomic E-state index is 0.0160. The average molecular weight is 1320 g/mol. The fraction of sp³-hybridized carbons (Fsp3) is 0.367. The molecular weight excluding hydrogens is 1220 g/mol. The van der Waals surface area contributed by atoms with Crippen molar-refractivity contribution in [1.29, 1.82) is 0 Å². The molecule has 0 bridgehead atoms. The van der Waals surface area contributed by atoms with Gasteiger partial charge in [-0.05, 0) is 292 Å². The number of hydrogen-bond acceptors (Lipinski definition) is 3. The molecule has 0 amide bonds. The van der Waals surface area contributed by atoms with Crippen molar-refractivity contribution in [3.63, 3.8) is 0 Å². The van der Waals surface area contributed by atoms with Gasteiger partial charge in [-0.25, -0.2) is 0 Å². The summed E-state index contributed by atoms with van der Waals surface area (Å²) in [4.78, 5) is 8.26. The molecule has 0 radical (unpaired) electrons. The molecule has 3 aliphatic heterocycles. The lowest BCUT2D eigenvalue weighted by atomic mass is 9.61. The van der Waals surface area contributed by atoms with Gasteiger partial charge in [-0.1, -0.05) is 231 Å². The van der Waals surface area contributed by atoms with Gasteiger partial charge >= 0.3 is 0 Å². The van der Waals surface area contributed by atoms with Gasteiger partial charge in [0.25, 0.3) is 0 Å². The molecule has 101 heavy (non-hydrogen) atoms. The lowest BCUT2D eigenvalue weighted by Crippen LogP contribution is -2.54. The van der Waals surface area contributed by atoms with E-state index >= 15 is 0 Å². The first-order valence-corrected chi connectivity index (χ1v) is 38.7. The van der Waals surface area contributed by atoms with Crippen LogP contribution in [-0.2, 0) is 32.5 Å². The van der Waals surface area contributed by atoms with E-state index in [1.165, 1.54) is 243 Å². The maximum Gasteiger partial charge on any atom is 0.0517 e. The second-order valence-corrected chi connectivity index (χ2v) is 36.9. The van der Waals surface area contributed by atoms with Crippen molar-refractivity contribution in [2.24, 2.45) is 0 Å². The number of hydrogen-bond donors (Lipinski definition) is 0.